The average Bonchev–Trinajstić information content (AvgIpc) is 1.80. The van der Waals surface area contributed by atoms with Crippen LogP contribution in [0.25, 0.3) is 0 Å². The molecule has 0 aromatic rings. The van der Waals surface area contributed by atoms with Crippen molar-refractivity contribution in [3.63, 3.8) is 0 Å². The second kappa shape index (κ2) is 4.18. The van der Waals surface area contributed by atoms with Crippen LogP contribution in [0.5, 0.6) is 0 Å². The van der Waals surface area contributed by atoms with E-state index >= 15 is 0 Å². The van der Waals surface area contributed by atoms with Crippen LogP contribution in [0, 0.1) is 0 Å². The van der Waals surface area contributed by atoms with Gasteiger partial charge in [0.1, 0.15) is 0 Å². The van der Waals surface area contributed by atoms with Gasteiger partial charge in [0, 0.05) is 6.54 Å². The highest BCUT2D eigenvalue weighted by Crippen LogP contribution is 2.37. The quantitative estimate of drug-likeness (QED) is 0.525. The van der Waals surface area contributed by atoms with Crippen molar-refractivity contribution in [2.24, 2.45) is 0 Å². The number of nitrogens with zero attached hydrogens (tertiary/aromatic N) is 1. The van der Waals surface area contributed by atoms with E-state index in [2.05, 4.69) is 0 Å². The van der Waals surface area contributed by atoms with Crippen LogP contribution in [0.15, 0.2) is 0 Å². The van der Waals surface area contributed by atoms with E-state index in [9.17, 15) is 4.57 Å². The Morgan fingerprint density at radius 2 is 2.00 bits per heavy atom. The molecule has 0 radical (unpaired) electrons. The molecule has 0 bridgehead atoms. The van der Waals surface area contributed by atoms with Gasteiger partial charge in [0.05, 0.1) is 6.10 Å². The maximum absolute atomic E-state index is 10.5. The van der Waals surface area contributed by atoms with Crippen LogP contribution in [0.2, 0.25) is 0 Å². The molecular weight excluding hydrogens is 169 g/mol. The molecule has 0 aliphatic heterocycles. The van der Waals surface area contributed by atoms with Gasteiger partial charge in [-0.1, -0.05) is 0 Å². The zero-order valence-corrected chi connectivity index (χ0v) is 7.53. The molecule has 0 saturated carbocycles. The van der Waals surface area contributed by atoms with Crippen molar-refractivity contribution in [2.45, 2.75) is 19.4 Å². The normalized spacial score (nSPS) is 15.5. The van der Waals surface area contributed by atoms with Crippen LogP contribution in [-0.4, -0.2) is 39.3 Å². The first-order valence-corrected chi connectivity index (χ1v) is 4.85. The summed E-state index contributed by atoms with van der Waals surface area (Å²) >= 11 is 0. The molecule has 0 aromatic heterocycles. The second-order valence-electron chi connectivity index (χ2n) is 2.53. The molecule has 0 aromatic carbocycles. The van der Waals surface area contributed by atoms with Gasteiger partial charge in [-0.15, -0.1) is 0 Å². The van der Waals surface area contributed by atoms with Crippen LogP contribution < -0.4 is 0 Å². The standard InChI is InChI=1S/C5H14NO4P/c1-5(7)3-4-6(2)11(8,9)10/h5,7H,3-4H2,1-2H3,(H2,8,9,10). The van der Waals surface area contributed by atoms with E-state index < -0.39 is 13.9 Å². The molecule has 0 fully saturated rings. The second-order valence-corrected chi connectivity index (χ2v) is 4.24. The molecule has 6 heteroatoms. The summed E-state index contributed by atoms with van der Waals surface area (Å²) < 4.78 is 11.4. The highest BCUT2D eigenvalue weighted by Gasteiger charge is 2.20. The lowest BCUT2D eigenvalue weighted by atomic mass is 10.3. The van der Waals surface area contributed by atoms with Crippen molar-refractivity contribution in [1.29, 1.82) is 0 Å². The van der Waals surface area contributed by atoms with Crippen molar-refractivity contribution in [3.8, 4) is 0 Å². The lowest BCUT2D eigenvalue weighted by Gasteiger charge is -2.17. The summed E-state index contributed by atoms with van der Waals surface area (Å²) in [7, 11) is -2.77. The Kier molecular flexibility index (Phi) is 4.21. The first-order valence-electron chi connectivity index (χ1n) is 3.29. The van der Waals surface area contributed by atoms with Gasteiger partial charge in [0.15, 0.2) is 0 Å². The maximum Gasteiger partial charge on any atom is 0.402 e. The van der Waals surface area contributed by atoms with Gasteiger partial charge < -0.3 is 14.9 Å². The Hall–Kier alpha value is 0.0700. The van der Waals surface area contributed by atoms with Crippen molar-refractivity contribution in [3.05, 3.63) is 0 Å². The Bertz CT molecular complexity index is 155. The van der Waals surface area contributed by atoms with E-state index in [0.717, 1.165) is 4.67 Å². The number of hydrogen-bond acceptors (Lipinski definition) is 2. The summed E-state index contributed by atoms with van der Waals surface area (Å²) in [5, 5.41) is 8.79. The molecule has 0 heterocycles. The third-order valence-corrected chi connectivity index (χ3v) is 2.40. The Morgan fingerprint density at radius 3 is 2.27 bits per heavy atom. The predicted molar refractivity (Wildman–Crippen MR) is 41.0 cm³/mol. The summed E-state index contributed by atoms with van der Waals surface area (Å²) in [6.45, 7) is 1.77. The van der Waals surface area contributed by atoms with Crippen molar-refractivity contribution < 1.29 is 19.5 Å². The summed E-state index contributed by atoms with van der Waals surface area (Å²) in [5.41, 5.74) is 0. The smallest absolute Gasteiger partial charge is 0.393 e. The van der Waals surface area contributed by atoms with Crippen molar-refractivity contribution in [2.75, 3.05) is 13.6 Å². The van der Waals surface area contributed by atoms with E-state index in [1.165, 1.54) is 7.05 Å². The van der Waals surface area contributed by atoms with Crippen LogP contribution in [0.4, 0.5) is 0 Å². The largest absolute Gasteiger partial charge is 0.402 e. The minimum Gasteiger partial charge on any atom is -0.393 e. The number of aliphatic hydroxyl groups excluding tert-OH is 1. The van der Waals surface area contributed by atoms with Gasteiger partial charge in [0.25, 0.3) is 0 Å². The van der Waals surface area contributed by atoms with Crippen LogP contribution in [0.3, 0.4) is 0 Å². The number of rotatable bonds is 4. The monoisotopic (exact) mass is 183 g/mol. The van der Waals surface area contributed by atoms with Gasteiger partial charge in [0.2, 0.25) is 0 Å². The first kappa shape index (κ1) is 11.1. The van der Waals surface area contributed by atoms with E-state index in [4.69, 9.17) is 14.9 Å². The molecule has 3 N–H and O–H groups in total. The van der Waals surface area contributed by atoms with E-state index in [0.29, 0.717) is 6.42 Å². The minimum absolute atomic E-state index is 0.196. The van der Waals surface area contributed by atoms with E-state index in [-0.39, 0.29) is 6.54 Å². The summed E-state index contributed by atoms with van der Waals surface area (Å²) in [4.78, 5) is 17.1. The molecule has 0 spiro atoms. The lowest BCUT2D eigenvalue weighted by Crippen LogP contribution is -2.19. The van der Waals surface area contributed by atoms with E-state index in [1.54, 1.807) is 6.92 Å². The minimum atomic E-state index is -4.09. The zero-order valence-electron chi connectivity index (χ0n) is 6.64. The third-order valence-electron chi connectivity index (χ3n) is 1.32. The van der Waals surface area contributed by atoms with Crippen LogP contribution in [-0.2, 0) is 4.57 Å². The molecule has 1 unspecified atom stereocenters. The maximum atomic E-state index is 10.5. The Balaban J connectivity index is 3.71. The average molecular weight is 183 g/mol. The van der Waals surface area contributed by atoms with Gasteiger partial charge in [-0.25, -0.2) is 9.24 Å². The fraction of sp³-hybridized carbons (Fsp3) is 1.00. The predicted octanol–water partition coefficient (Wildman–Crippen LogP) is -0.218. The Labute approximate surface area is 65.9 Å². The molecule has 1 atom stereocenters. The molecule has 0 amide bonds. The highest BCUT2D eigenvalue weighted by atomic mass is 31.2. The third kappa shape index (κ3) is 5.35. The van der Waals surface area contributed by atoms with Crippen LogP contribution in [0.1, 0.15) is 13.3 Å². The molecule has 5 nitrogen and oxygen atoms in total. The molecule has 0 aliphatic rings. The SMILES string of the molecule is CC(O)CCN(C)P(=O)(O)O. The number of hydrogen-bond donors (Lipinski definition) is 3. The van der Waals surface area contributed by atoms with Crippen molar-refractivity contribution in [1.82, 2.24) is 4.67 Å². The van der Waals surface area contributed by atoms with E-state index in [1.807, 2.05) is 0 Å². The fourth-order valence-corrected chi connectivity index (χ4v) is 0.880. The molecule has 0 rings (SSSR count). The highest BCUT2D eigenvalue weighted by molar-refractivity contribution is 7.49. The molecule has 0 aliphatic carbocycles. The molecule has 11 heavy (non-hydrogen) atoms. The van der Waals surface area contributed by atoms with Gasteiger partial charge in [-0.2, -0.15) is 0 Å². The van der Waals surface area contributed by atoms with Gasteiger partial charge in [-0.3, -0.25) is 0 Å². The van der Waals surface area contributed by atoms with Gasteiger partial charge in [-0.05, 0) is 20.4 Å². The molecular formula is C5H14NO4P. The number of aliphatic hydroxyl groups is 1. The summed E-state index contributed by atoms with van der Waals surface area (Å²) in [6.07, 6.45) is -0.161. The molecule has 0 saturated heterocycles. The van der Waals surface area contributed by atoms with Crippen LogP contribution >= 0.6 is 7.75 Å². The zero-order chi connectivity index (χ0) is 9.07. The topological polar surface area (TPSA) is 81.0 Å². The summed E-state index contributed by atoms with van der Waals surface area (Å²) in [6, 6.07) is 0. The Morgan fingerprint density at radius 1 is 1.55 bits per heavy atom. The van der Waals surface area contributed by atoms with Crippen molar-refractivity contribution >= 4 is 7.75 Å². The summed E-state index contributed by atoms with van der Waals surface area (Å²) in [5.74, 6) is 0. The van der Waals surface area contributed by atoms with Gasteiger partial charge >= 0.3 is 7.75 Å². The fourth-order valence-electron chi connectivity index (χ4n) is 0.504. The molecule has 68 valence electrons. The first-order chi connectivity index (χ1) is 4.84. The lowest BCUT2D eigenvalue weighted by molar-refractivity contribution is 0.172.